The van der Waals surface area contributed by atoms with Crippen LogP contribution < -0.4 is 10.0 Å². The van der Waals surface area contributed by atoms with E-state index in [1.165, 1.54) is 12.1 Å². The van der Waals surface area contributed by atoms with Crippen molar-refractivity contribution in [1.82, 2.24) is 5.32 Å². The standard InChI is InChI=1S/C18H19ClN2O3S/c19-16-10-3-4-11-17(16)21-25(23,24)15-9-5-6-13(12-15)18(22)20-14-7-1-2-8-14/h3-6,9-12,14,21H,1-2,7-8H2,(H,20,22). The Balaban J connectivity index is 1.80. The van der Waals surface area contributed by atoms with Gasteiger partial charge in [0.2, 0.25) is 0 Å². The predicted octanol–water partition coefficient (Wildman–Crippen LogP) is 3.81. The molecule has 3 rings (SSSR count). The molecule has 0 aliphatic heterocycles. The molecule has 2 aromatic carbocycles. The minimum atomic E-state index is -3.83. The SMILES string of the molecule is O=C(NC1CCCC1)c1cccc(S(=O)(=O)Nc2ccccc2Cl)c1. The van der Waals surface area contributed by atoms with Crippen LogP contribution in [-0.2, 0) is 10.0 Å². The topological polar surface area (TPSA) is 75.3 Å². The van der Waals surface area contributed by atoms with Crippen LogP contribution in [0.2, 0.25) is 5.02 Å². The minimum absolute atomic E-state index is 0.0199. The van der Waals surface area contributed by atoms with Gasteiger partial charge < -0.3 is 5.32 Å². The fraction of sp³-hybridized carbons (Fsp3) is 0.278. The first-order chi connectivity index (χ1) is 12.0. The Morgan fingerprint density at radius 3 is 2.48 bits per heavy atom. The second-order valence-electron chi connectivity index (χ2n) is 6.07. The van der Waals surface area contributed by atoms with Crippen LogP contribution in [0.25, 0.3) is 0 Å². The van der Waals surface area contributed by atoms with Crippen molar-refractivity contribution >= 4 is 33.2 Å². The van der Waals surface area contributed by atoms with E-state index in [1.54, 1.807) is 36.4 Å². The molecule has 1 saturated carbocycles. The summed E-state index contributed by atoms with van der Waals surface area (Å²) in [5, 5.41) is 3.26. The summed E-state index contributed by atoms with van der Waals surface area (Å²) in [5.74, 6) is -0.248. The van der Waals surface area contributed by atoms with Crippen molar-refractivity contribution in [3.8, 4) is 0 Å². The second-order valence-corrected chi connectivity index (χ2v) is 8.16. The molecule has 0 saturated heterocycles. The fourth-order valence-corrected chi connectivity index (χ4v) is 4.26. The van der Waals surface area contributed by atoms with Gasteiger partial charge in [-0.3, -0.25) is 9.52 Å². The van der Waals surface area contributed by atoms with Crippen molar-refractivity contribution in [2.24, 2.45) is 0 Å². The average molecular weight is 379 g/mol. The first kappa shape index (κ1) is 17.8. The Morgan fingerprint density at radius 2 is 1.76 bits per heavy atom. The quantitative estimate of drug-likeness (QED) is 0.830. The van der Waals surface area contributed by atoms with Gasteiger partial charge in [-0.05, 0) is 43.2 Å². The van der Waals surface area contributed by atoms with Crippen molar-refractivity contribution in [3.05, 3.63) is 59.1 Å². The molecule has 5 nitrogen and oxygen atoms in total. The number of anilines is 1. The van der Waals surface area contributed by atoms with Crippen molar-refractivity contribution in [1.29, 1.82) is 0 Å². The van der Waals surface area contributed by atoms with Crippen LogP contribution in [0.1, 0.15) is 36.0 Å². The zero-order chi connectivity index (χ0) is 17.9. The first-order valence-electron chi connectivity index (χ1n) is 8.14. The molecule has 0 bridgehead atoms. The Bertz CT molecular complexity index is 877. The molecular weight excluding hydrogens is 360 g/mol. The Hall–Kier alpha value is -2.05. The molecule has 2 aromatic rings. The number of amides is 1. The maximum absolute atomic E-state index is 12.6. The van der Waals surface area contributed by atoms with E-state index in [0.29, 0.717) is 16.3 Å². The number of sulfonamides is 1. The van der Waals surface area contributed by atoms with Gasteiger partial charge in [-0.1, -0.05) is 42.6 Å². The highest BCUT2D eigenvalue weighted by molar-refractivity contribution is 7.92. The number of hydrogen-bond acceptors (Lipinski definition) is 3. The zero-order valence-electron chi connectivity index (χ0n) is 13.5. The molecular formula is C18H19ClN2O3S. The Labute approximate surface area is 152 Å². The average Bonchev–Trinajstić information content (AvgIpc) is 3.10. The van der Waals surface area contributed by atoms with Crippen LogP contribution in [0.5, 0.6) is 0 Å². The maximum atomic E-state index is 12.6. The van der Waals surface area contributed by atoms with Gasteiger partial charge >= 0.3 is 0 Å². The number of rotatable bonds is 5. The highest BCUT2D eigenvalue weighted by Crippen LogP contribution is 2.24. The fourth-order valence-electron chi connectivity index (χ4n) is 2.89. The van der Waals surface area contributed by atoms with Crippen molar-refractivity contribution < 1.29 is 13.2 Å². The lowest BCUT2D eigenvalue weighted by Crippen LogP contribution is -2.32. The summed E-state index contributed by atoms with van der Waals surface area (Å²) in [7, 11) is -3.83. The number of carbonyl (C=O) groups excluding carboxylic acids is 1. The molecule has 7 heteroatoms. The summed E-state index contributed by atoms with van der Waals surface area (Å²) >= 11 is 6.00. The summed E-state index contributed by atoms with van der Waals surface area (Å²) in [4.78, 5) is 12.4. The lowest BCUT2D eigenvalue weighted by molar-refractivity contribution is 0.0937. The monoisotopic (exact) mass is 378 g/mol. The van der Waals surface area contributed by atoms with E-state index < -0.39 is 10.0 Å². The minimum Gasteiger partial charge on any atom is -0.349 e. The summed E-state index contributed by atoms with van der Waals surface area (Å²) in [6.07, 6.45) is 4.16. The summed E-state index contributed by atoms with van der Waals surface area (Å²) in [6, 6.07) is 12.8. The molecule has 25 heavy (non-hydrogen) atoms. The van der Waals surface area contributed by atoms with Crippen LogP contribution in [0.3, 0.4) is 0 Å². The number of halogens is 1. The van der Waals surface area contributed by atoms with Crippen molar-refractivity contribution in [2.45, 2.75) is 36.6 Å². The van der Waals surface area contributed by atoms with Gasteiger partial charge in [0.15, 0.2) is 0 Å². The molecule has 1 fully saturated rings. The molecule has 2 N–H and O–H groups in total. The van der Waals surface area contributed by atoms with Gasteiger partial charge in [-0.25, -0.2) is 8.42 Å². The maximum Gasteiger partial charge on any atom is 0.261 e. The van der Waals surface area contributed by atoms with Crippen LogP contribution in [0.4, 0.5) is 5.69 Å². The molecule has 1 amide bonds. The largest absolute Gasteiger partial charge is 0.349 e. The number of para-hydroxylation sites is 1. The van der Waals surface area contributed by atoms with E-state index >= 15 is 0 Å². The normalized spacial score (nSPS) is 15.1. The Kier molecular flexibility index (Phi) is 5.30. The molecule has 1 aliphatic carbocycles. The van der Waals surface area contributed by atoms with Gasteiger partial charge in [0.05, 0.1) is 15.6 Å². The van der Waals surface area contributed by atoms with E-state index in [4.69, 9.17) is 11.6 Å². The number of benzene rings is 2. The third-order valence-corrected chi connectivity index (χ3v) is 5.91. The van der Waals surface area contributed by atoms with E-state index in [1.807, 2.05) is 0 Å². The first-order valence-corrected chi connectivity index (χ1v) is 10.00. The van der Waals surface area contributed by atoms with Gasteiger partial charge in [0.1, 0.15) is 0 Å². The van der Waals surface area contributed by atoms with Gasteiger partial charge in [0, 0.05) is 11.6 Å². The Morgan fingerprint density at radius 1 is 1.04 bits per heavy atom. The molecule has 0 unspecified atom stereocenters. The smallest absolute Gasteiger partial charge is 0.261 e. The third kappa shape index (κ3) is 4.32. The van der Waals surface area contributed by atoms with Crippen LogP contribution >= 0.6 is 11.6 Å². The highest BCUT2D eigenvalue weighted by Gasteiger charge is 2.20. The number of hydrogen-bond donors (Lipinski definition) is 2. The van der Waals surface area contributed by atoms with E-state index in [-0.39, 0.29) is 16.8 Å². The summed E-state index contributed by atoms with van der Waals surface area (Å²) < 4.78 is 27.6. The van der Waals surface area contributed by atoms with E-state index in [9.17, 15) is 13.2 Å². The van der Waals surface area contributed by atoms with E-state index in [2.05, 4.69) is 10.0 Å². The molecule has 1 aliphatic rings. The second kappa shape index (κ2) is 7.45. The van der Waals surface area contributed by atoms with Gasteiger partial charge in [-0.15, -0.1) is 0 Å². The van der Waals surface area contributed by atoms with Crippen LogP contribution in [0.15, 0.2) is 53.4 Å². The van der Waals surface area contributed by atoms with Crippen LogP contribution in [-0.4, -0.2) is 20.4 Å². The molecule has 0 atom stereocenters. The predicted molar refractivity (Wildman–Crippen MR) is 98.4 cm³/mol. The number of carbonyl (C=O) groups is 1. The van der Waals surface area contributed by atoms with Crippen molar-refractivity contribution in [2.75, 3.05) is 4.72 Å². The van der Waals surface area contributed by atoms with Gasteiger partial charge in [-0.2, -0.15) is 0 Å². The highest BCUT2D eigenvalue weighted by atomic mass is 35.5. The third-order valence-electron chi connectivity index (χ3n) is 4.22. The van der Waals surface area contributed by atoms with Crippen LogP contribution in [0, 0.1) is 0 Å². The molecule has 0 spiro atoms. The van der Waals surface area contributed by atoms with E-state index in [0.717, 1.165) is 25.7 Å². The molecule has 0 aromatic heterocycles. The summed E-state index contributed by atoms with van der Waals surface area (Å²) in [5.41, 5.74) is 0.624. The van der Waals surface area contributed by atoms with Crippen molar-refractivity contribution in [3.63, 3.8) is 0 Å². The summed E-state index contributed by atoms with van der Waals surface area (Å²) in [6.45, 7) is 0. The lowest BCUT2D eigenvalue weighted by atomic mass is 10.2. The molecule has 0 radical (unpaired) electrons. The van der Waals surface area contributed by atoms with Gasteiger partial charge in [0.25, 0.3) is 15.9 Å². The molecule has 0 heterocycles. The zero-order valence-corrected chi connectivity index (χ0v) is 15.1. The lowest BCUT2D eigenvalue weighted by Gasteiger charge is -2.13. The number of nitrogens with one attached hydrogen (secondary N) is 2. The molecule has 132 valence electrons.